The molecular weight excluding hydrogens is 178 g/mol. The highest BCUT2D eigenvalue weighted by molar-refractivity contribution is 5.78. The Labute approximate surface area is 84.0 Å². The third-order valence-electron chi connectivity index (χ3n) is 1.56. The molecule has 0 aliphatic rings. The van der Waals surface area contributed by atoms with Gasteiger partial charge in [-0.1, -0.05) is 19.0 Å². The molecule has 0 bridgehead atoms. The van der Waals surface area contributed by atoms with Crippen LogP contribution in [0.4, 0.5) is 0 Å². The van der Waals surface area contributed by atoms with Crippen LogP contribution < -0.4 is 4.84 Å². The van der Waals surface area contributed by atoms with Crippen molar-refractivity contribution in [3.05, 3.63) is 18.1 Å². The molecule has 0 fully saturated rings. The lowest BCUT2D eigenvalue weighted by Gasteiger charge is -2.03. The lowest BCUT2D eigenvalue weighted by molar-refractivity contribution is 0.324. The van der Waals surface area contributed by atoms with E-state index in [2.05, 4.69) is 29.0 Å². The fourth-order valence-electron chi connectivity index (χ4n) is 0.810. The molecule has 4 heteroatoms. The van der Waals surface area contributed by atoms with Gasteiger partial charge in [0.2, 0.25) is 0 Å². The van der Waals surface area contributed by atoms with Crippen molar-refractivity contribution in [1.82, 2.24) is 9.97 Å². The van der Waals surface area contributed by atoms with Crippen LogP contribution in [-0.2, 0) is 0 Å². The number of hydrogen-bond acceptors (Lipinski definition) is 4. The van der Waals surface area contributed by atoms with E-state index in [9.17, 15) is 0 Å². The predicted octanol–water partition coefficient (Wildman–Crippen LogP) is 2.37. The van der Waals surface area contributed by atoms with E-state index in [-0.39, 0.29) is 0 Å². The summed E-state index contributed by atoms with van der Waals surface area (Å²) in [5, 5.41) is 3.78. The molecule has 0 aromatic carbocycles. The normalized spacial score (nSPS) is 10.1. The molecule has 0 N–H and O–H groups in total. The zero-order valence-electron chi connectivity index (χ0n) is 8.98. The molecule has 1 aromatic rings. The summed E-state index contributed by atoms with van der Waals surface area (Å²) in [5.41, 5.74) is 1.80. The van der Waals surface area contributed by atoms with Gasteiger partial charge in [-0.2, -0.15) is 0 Å². The molecule has 0 unspecified atom stereocenters. The maximum Gasteiger partial charge on any atom is 0.267 e. The van der Waals surface area contributed by atoms with Gasteiger partial charge in [-0.15, -0.1) is 0 Å². The number of oxime groups is 1. The Morgan fingerprint density at radius 1 is 1.29 bits per heavy atom. The van der Waals surface area contributed by atoms with Gasteiger partial charge in [0, 0.05) is 0 Å². The fourth-order valence-corrected chi connectivity index (χ4v) is 0.810. The van der Waals surface area contributed by atoms with Gasteiger partial charge in [0.1, 0.15) is 0 Å². The van der Waals surface area contributed by atoms with Gasteiger partial charge in [0.05, 0.1) is 23.8 Å². The lowest BCUT2D eigenvalue weighted by atomic mass is 10.1. The molecule has 1 heterocycles. The Morgan fingerprint density at radius 3 is 2.43 bits per heavy atom. The minimum atomic E-state index is 0.382. The molecule has 0 aliphatic carbocycles. The minimum Gasteiger partial charge on any atom is -0.335 e. The molecule has 0 saturated heterocycles. The van der Waals surface area contributed by atoms with Gasteiger partial charge in [-0.25, -0.2) is 4.98 Å². The highest BCUT2D eigenvalue weighted by Crippen LogP contribution is 2.12. The molecular formula is C10H15N3O. The Balaban J connectivity index is 2.69. The van der Waals surface area contributed by atoms with Crippen LogP contribution in [0.5, 0.6) is 5.88 Å². The Kier molecular flexibility index (Phi) is 3.56. The van der Waals surface area contributed by atoms with Crippen molar-refractivity contribution in [1.29, 1.82) is 0 Å². The first-order chi connectivity index (χ1) is 6.59. The van der Waals surface area contributed by atoms with Crippen LogP contribution in [0.2, 0.25) is 0 Å². The summed E-state index contributed by atoms with van der Waals surface area (Å²) in [7, 11) is 0. The summed E-state index contributed by atoms with van der Waals surface area (Å²) in [6.45, 7) is 7.85. The molecule has 0 amide bonds. The van der Waals surface area contributed by atoms with Crippen LogP contribution in [0.1, 0.15) is 39.3 Å². The maximum atomic E-state index is 5.02. The van der Waals surface area contributed by atoms with E-state index in [0.29, 0.717) is 11.8 Å². The van der Waals surface area contributed by atoms with Gasteiger partial charge in [-0.05, 0) is 19.8 Å². The summed E-state index contributed by atoms with van der Waals surface area (Å²) in [5.74, 6) is 0.809. The van der Waals surface area contributed by atoms with Gasteiger partial charge >= 0.3 is 0 Å². The summed E-state index contributed by atoms with van der Waals surface area (Å²) < 4.78 is 0. The molecule has 0 saturated carbocycles. The molecule has 0 spiro atoms. The van der Waals surface area contributed by atoms with Crippen molar-refractivity contribution in [2.45, 2.75) is 33.6 Å². The van der Waals surface area contributed by atoms with Crippen LogP contribution >= 0.6 is 0 Å². The van der Waals surface area contributed by atoms with Crippen LogP contribution in [0.3, 0.4) is 0 Å². The smallest absolute Gasteiger partial charge is 0.267 e. The highest BCUT2D eigenvalue weighted by Gasteiger charge is 2.01. The van der Waals surface area contributed by atoms with Crippen molar-refractivity contribution in [2.75, 3.05) is 0 Å². The number of rotatable bonds is 3. The van der Waals surface area contributed by atoms with Gasteiger partial charge in [0.15, 0.2) is 0 Å². The van der Waals surface area contributed by atoms with Crippen molar-refractivity contribution in [3.63, 3.8) is 0 Å². The fraction of sp³-hybridized carbons (Fsp3) is 0.500. The van der Waals surface area contributed by atoms with Crippen LogP contribution in [0, 0.1) is 0 Å². The third kappa shape index (κ3) is 3.12. The number of hydrogen-bond donors (Lipinski definition) is 0. The Hall–Kier alpha value is -1.45. The largest absolute Gasteiger partial charge is 0.335 e. The monoisotopic (exact) mass is 193 g/mol. The van der Waals surface area contributed by atoms with Crippen molar-refractivity contribution < 1.29 is 4.84 Å². The molecule has 0 aliphatic heterocycles. The average Bonchev–Trinajstić information content (AvgIpc) is 2.15. The van der Waals surface area contributed by atoms with E-state index >= 15 is 0 Å². The van der Waals surface area contributed by atoms with E-state index in [0.717, 1.165) is 11.4 Å². The zero-order valence-corrected chi connectivity index (χ0v) is 8.98. The second-order valence-corrected chi connectivity index (χ2v) is 3.56. The third-order valence-corrected chi connectivity index (χ3v) is 1.56. The van der Waals surface area contributed by atoms with Gasteiger partial charge in [-0.3, -0.25) is 4.98 Å². The summed E-state index contributed by atoms with van der Waals surface area (Å²) in [4.78, 5) is 13.3. The first-order valence-electron chi connectivity index (χ1n) is 4.59. The number of aromatic nitrogens is 2. The van der Waals surface area contributed by atoms with E-state index in [1.165, 1.54) is 0 Å². The SMILES string of the molecule is CC(C)=NOc1cnc(C(C)C)cn1. The molecule has 0 radical (unpaired) electrons. The van der Waals surface area contributed by atoms with Crippen LogP contribution in [0.15, 0.2) is 17.5 Å². The lowest BCUT2D eigenvalue weighted by Crippen LogP contribution is -1.96. The molecule has 14 heavy (non-hydrogen) atoms. The van der Waals surface area contributed by atoms with Crippen molar-refractivity contribution in [3.8, 4) is 5.88 Å². The van der Waals surface area contributed by atoms with E-state index in [1.807, 2.05) is 13.8 Å². The standard InChI is InChI=1S/C10H15N3O/c1-7(2)9-5-12-10(6-11-9)14-13-8(3)4/h5-7H,1-4H3. The maximum absolute atomic E-state index is 5.02. The quantitative estimate of drug-likeness (QED) is 0.547. The number of nitrogens with zero attached hydrogens (tertiary/aromatic N) is 3. The van der Waals surface area contributed by atoms with Crippen molar-refractivity contribution >= 4 is 5.71 Å². The molecule has 76 valence electrons. The van der Waals surface area contributed by atoms with Gasteiger partial charge in [0.25, 0.3) is 5.88 Å². The highest BCUT2D eigenvalue weighted by atomic mass is 16.6. The topological polar surface area (TPSA) is 47.4 Å². The minimum absolute atomic E-state index is 0.382. The Bertz CT molecular complexity index is 313. The van der Waals surface area contributed by atoms with Gasteiger partial charge < -0.3 is 4.84 Å². The summed E-state index contributed by atoms with van der Waals surface area (Å²) in [6, 6.07) is 0. The first-order valence-corrected chi connectivity index (χ1v) is 4.59. The zero-order chi connectivity index (χ0) is 10.6. The molecule has 1 rings (SSSR count). The summed E-state index contributed by atoms with van der Waals surface area (Å²) >= 11 is 0. The van der Waals surface area contributed by atoms with E-state index in [4.69, 9.17) is 4.84 Å². The van der Waals surface area contributed by atoms with Crippen LogP contribution in [0.25, 0.3) is 0 Å². The second-order valence-electron chi connectivity index (χ2n) is 3.56. The average molecular weight is 193 g/mol. The summed E-state index contributed by atoms with van der Waals surface area (Å²) in [6.07, 6.45) is 3.29. The molecule has 1 aromatic heterocycles. The van der Waals surface area contributed by atoms with Crippen molar-refractivity contribution in [2.24, 2.45) is 5.16 Å². The Morgan fingerprint density at radius 2 is 2.00 bits per heavy atom. The molecule has 4 nitrogen and oxygen atoms in total. The molecule has 0 atom stereocenters. The first kappa shape index (κ1) is 10.6. The van der Waals surface area contributed by atoms with Crippen LogP contribution in [-0.4, -0.2) is 15.7 Å². The predicted molar refractivity (Wildman–Crippen MR) is 55.5 cm³/mol. The van der Waals surface area contributed by atoms with E-state index in [1.54, 1.807) is 12.4 Å². The second kappa shape index (κ2) is 4.69. The van der Waals surface area contributed by atoms with E-state index < -0.39 is 0 Å².